The molecule has 0 saturated heterocycles. The highest BCUT2D eigenvalue weighted by Crippen LogP contribution is 2.30. The van der Waals surface area contributed by atoms with Crippen molar-refractivity contribution >= 4 is 22.9 Å². The minimum absolute atomic E-state index is 0.725. The third-order valence-corrected chi connectivity index (χ3v) is 3.38. The molecule has 0 aliphatic rings. The molecule has 0 atom stereocenters. The number of aryl methyl sites for hydroxylation is 1. The van der Waals surface area contributed by atoms with Crippen LogP contribution in [0.25, 0.3) is 0 Å². The van der Waals surface area contributed by atoms with Gasteiger partial charge in [0.15, 0.2) is 5.06 Å². The molecule has 15 heavy (non-hydrogen) atoms. The second-order valence-electron chi connectivity index (χ2n) is 3.13. The summed E-state index contributed by atoms with van der Waals surface area (Å²) in [4.78, 5) is 1.33. The van der Waals surface area contributed by atoms with Gasteiger partial charge in [-0.25, -0.2) is 0 Å². The van der Waals surface area contributed by atoms with Gasteiger partial charge in [0, 0.05) is 9.90 Å². The van der Waals surface area contributed by atoms with Crippen molar-refractivity contribution in [1.82, 2.24) is 0 Å². The van der Waals surface area contributed by atoms with Crippen LogP contribution in [0.4, 0.5) is 0 Å². The molecule has 0 fully saturated rings. The molecule has 0 bridgehead atoms. The smallest absolute Gasteiger partial charge is 0.181 e. The van der Waals surface area contributed by atoms with Crippen LogP contribution in [-0.2, 0) is 6.42 Å². The lowest BCUT2D eigenvalue weighted by atomic mass is 10.3. The summed E-state index contributed by atoms with van der Waals surface area (Å²) < 4.78 is 5.68. The van der Waals surface area contributed by atoms with Gasteiger partial charge >= 0.3 is 0 Å². The van der Waals surface area contributed by atoms with Gasteiger partial charge in [0.2, 0.25) is 0 Å². The first kappa shape index (κ1) is 10.5. The Morgan fingerprint density at radius 2 is 1.87 bits per heavy atom. The molecule has 0 spiro atoms. The van der Waals surface area contributed by atoms with Crippen LogP contribution in [0.5, 0.6) is 10.8 Å². The molecule has 1 nitrogen and oxygen atoms in total. The molecule has 0 aliphatic carbocycles. The Kier molecular flexibility index (Phi) is 3.29. The zero-order valence-electron chi connectivity index (χ0n) is 8.37. The lowest BCUT2D eigenvalue weighted by Crippen LogP contribution is -1.78. The average molecular weight is 239 g/mol. The fraction of sp³-hybridized carbons (Fsp3) is 0.167. The van der Waals surface area contributed by atoms with Crippen molar-refractivity contribution < 1.29 is 4.74 Å². The second-order valence-corrected chi connectivity index (χ2v) is 4.70. The molecule has 0 saturated carbocycles. The van der Waals surface area contributed by atoms with Gasteiger partial charge in [-0.1, -0.05) is 18.5 Å². The summed E-state index contributed by atoms with van der Waals surface area (Å²) in [6.07, 6.45) is 1.05. The largest absolute Gasteiger partial charge is 0.447 e. The van der Waals surface area contributed by atoms with Crippen LogP contribution in [0.3, 0.4) is 0 Å². The SMILES string of the molecule is CCc1ccc(Oc2ccc(Cl)cc2)s1. The molecule has 2 aromatic rings. The number of hydrogen-bond donors (Lipinski definition) is 0. The van der Waals surface area contributed by atoms with E-state index >= 15 is 0 Å². The zero-order valence-corrected chi connectivity index (χ0v) is 9.94. The maximum atomic E-state index is 5.79. The monoisotopic (exact) mass is 238 g/mol. The Morgan fingerprint density at radius 1 is 1.13 bits per heavy atom. The molecule has 0 radical (unpaired) electrons. The summed E-state index contributed by atoms with van der Waals surface area (Å²) in [5.41, 5.74) is 0. The molecule has 3 heteroatoms. The van der Waals surface area contributed by atoms with Crippen molar-refractivity contribution in [2.45, 2.75) is 13.3 Å². The van der Waals surface area contributed by atoms with Crippen LogP contribution in [-0.4, -0.2) is 0 Å². The minimum atomic E-state index is 0.725. The standard InChI is InChI=1S/C12H11ClOS/c1-2-11-7-8-12(15-11)14-10-5-3-9(13)4-6-10/h3-8H,2H2,1H3. The third kappa shape index (κ3) is 2.74. The quantitative estimate of drug-likeness (QED) is 0.749. The van der Waals surface area contributed by atoms with Crippen molar-refractivity contribution in [2.75, 3.05) is 0 Å². The summed E-state index contributed by atoms with van der Waals surface area (Å²) in [6, 6.07) is 11.5. The van der Waals surface area contributed by atoms with E-state index in [1.165, 1.54) is 4.88 Å². The summed E-state index contributed by atoms with van der Waals surface area (Å²) >= 11 is 7.46. The Hall–Kier alpha value is -0.990. The number of halogens is 1. The van der Waals surface area contributed by atoms with Gasteiger partial charge in [-0.15, -0.1) is 11.3 Å². The van der Waals surface area contributed by atoms with Crippen LogP contribution in [0, 0.1) is 0 Å². The number of benzene rings is 1. The number of ether oxygens (including phenoxy) is 1. The topological polar surface area (TPSA) is 9.23 Å². The average Bonchev–Trinajstić information content (AvgIpc) is 2.69. The van der Waals surface area contributed by atoms with Crippen molar-refractivity contribution in [3.05, 3.63) is 46.3 Å². The number of thiophene rings is 1. The molecular formula is C12H11ClOS. The van der Waals surface area contributed by atoms with Gasteiger partial charge in [0.25, 0.3) is 0 Å². The first-order valence-corrected chi connectivity index (χ1v) is 5.99. The summed E-state index contributed by atoms with van der Waals surface area (Å²) in [5, 5.41) is 1.65. The molecule has 0 N–H and O–H groups in total. The van der Waals surface area contributed by atoms with E-state index in [0.717, 1.165) is 22.3 Å². The molecule has 1 aromatic carbocycles. The van der Waals surface area contributed by atoms with Gasteiger partial charge in [0.1, 0.15) is 5.75 Å². The highest BCUT2D eigenvalue weighted by atomic mass is 35.5. The van der Waals surface area contributed by atoms with Crippen molar-refractivity contribution in [2.24, 2.45) is 0 Å². The van der Waals surface area contributed by atoms with Gasteiger partial charge in [-0.2, -0.15) is 0 Å². The Labute approximate surface area is 98.3 Å². The Bertz CT molecular complexity index is 433. The molecule has 0 amide bonds. The second kappa shape index (κ2) is 4.69. The van der Waals surface area contributed by atoms with Crippen LogP contribution in [0.1, 0.15) is 11.8 Å². The number of hydrogen-bond acceptors (Lipinski definition) is 2. The van der Waals surface area contributed by atoms with Crippen LogP contribution in [0.15, 0.2) is 36.4 Å². The van der Waals surface area contributed by atoms with Crippen LogP contribution < -0.4 is 4.74 Å². The van der Waals surface area contributed by atoms with Gasteiger partial charge in [-0.05, 0) is 42.8 Å². The van der Waals surface area contributed by atoms with E-state index in [1.807, 2.05) is 30.3 Å². The Morgan fingerprint density at radius 3 is 2.47 bits per heavy atom. The van der Waals surface area contributed by atoms with E-state index in [1.54, 1.807) is 11.3 Å². The molecule has 78 valence electrons. The maximum Gasteiger partial charge on any atom is 0.181 e. The number of rotatable bonds is 3. The zero-order chi connectivity index (χ0) is 10.7. The van der Waals surface area contributed by atoms with E-state index in [0.29, 0.717) is 0 Å². The highest BCUT2D eigenvalue weighted by Gasteiger charge is 2.00. The minimum Gasteiger partial charge on any atom is -0.447 e. The van der Waals surface area contributed by atoms with Gasteiger partial charge in [-0.3, -0.25) is 0 Å². The van der Waals surface area contributed by atoms with Crippen molar-refractivity contribution in [3.8, 4) is 10.8 Å². The molecule has 1 heterocycles. The van der Waals surface area contributed by atoms with E-state index in [-0.39, 0.29) is 0 Å². The van der Waals surface area contributed by atoms with Gasteiger partial charge in [0.05, 0.1) is 0 Å². The van der Waals surface area contributed by atoms with E-state index in [4.69, 9.17) is 16.3 Å². The summed E-state index contributed by atoms with van der Waals surface area (Å²) in [5.74, 6) is 0.823. The first-order valence-electron chi connectivity index (χ1n) is 4.80. The fourth-order valence-corrected chi connectivity index (χ4v) is 2.16. The highest BCUT2D eigenvalue weighted by molar-refractivity contribution is 7.13. The molecule has 0 aliphatic heterocycles. The molecule has 1 aromatic heterocycles. The van der Waals surface area contributed by atoms with E-state index in [2.05, 4.69) is 13.0 Å². The lowest BCUT2D eigenvalue weighted by molar-refractivity contribution is 0.496. The van der Waals surface area contributed by atoms with Gasteiger partial charge < -0.3 is 4.74 Å². The van der Waals surface area contributed by atoms with E-state index in [9.17, 15) is 0 Å². The van der Waals surface area contributed by atoms with Crippen molar-refractivity contribution in [1.29, 1.82) is 0 Å². The fourth-order valence-electron chi connectivity index (χ4n) is 1.22. The molecule has 0 unspecified atom stereocenters. The van der Waals surface area contributed by atoms with Crippen LogP contribution in [0.2, 0.25) is 5.02 Å². The molecule has 2 rings (SSSR count). The lowest BCUT2D eigenvalue weighted by Gasteiger charge is -2.01. The van der Waals surface area contributed by atoms with E-state index < -0.39 is 0 Å². The predicted octanol–water partition coefficient (Wildman–Crippen LogP) is 4.76. The van der Waals surface area contributed by atoms with Crippen molar-refractivity contribution in [3.63, 3.8) is 0 Å². The third-order valence-electron chi connectivity index (χ3n) is 2.02. The predicted molar refractivity (Wildman–Crippen MR) is 65.2 cm³/mol. The normalized spacial score (nSPS) is 10.3. The summed E-state index contributed by atoms with van der Waals surface area (Å²) in [7, 11) is 0. The molecular weight excluding hydrogens is 228 g/mol. The van der Waals surface area contributed by atoms with Crippen LogP contribution >= 0.6 is 22.9 Å². The summed E-state index contributed by atoms with van der Waals surface area (Å²) in [6.45, 7) is 2.14. The maximum absolute atomic E-state index is 5.79. The Balaban J connectivity index is 2.11. The first-order chi connectivity index (χ1) is 7.28.